The smallest absolute Gasteiger partial charge is 0.326 e. The normalized spacial score (nSPS) is 16.8. The molecule has 2 saturated heterocycles. The molecule has 2 fully saturated rings. The number of para-hydroxylation sites is 1. The van der Waals surface area contributed by atoms with Gasteiger partial charge >= 0.3 is 35.8 Å². The van der Waals surface area contributed by atoms with Crippen molar-refractivity contribution in [3.8, 4) is 0 Å². The predicted octanol–water partition coefficient (Wildman–Crippen LogP) is -6.36. The van der Waals surface area contributed by atoms with Crippen LogP contribution >= 0.6 is 37.9 Å². The van der Waals surface area contributed by atoms with E-state index >= 15 is 14.4 Å². The first-order valence-electron chi connectivity index (χ1n) is 41.4. The van der Waals surface area contributed by atoms with Gasteiger partial charge in [-0.25, -0.2) is 9.78 Å². The highest BCUT2D eigenvalue weighted by Crippen LogP contribution is 2.24. The van der Waals surface area contributed by atoms with E-state index in [4.69, 9.17) is 17.2 Å². The Bertz CT molecular complexity index is 4540. The van der Waals surface area contributed by atoms with E-state index in [9.17, 15) is 103 Å². The van der Waals surface area contributed by atoms with Crippen LogP contribution in [0.2, 0.25) is 0 Å². The molecule has 0 saturated carbocycles. The average Bonchev–Trinajstić information content (AvgIpc) is 1.70. The number of thiol groups is 3. The quantitative estimate of drug-likeness (QED) is 0.00643. The molecule has 2 aliphatic heterocycles. The maximum absolute atomic E-state index is 15.2. The van der Waals surface area contributed by atoms with Crippen molar-refractivity contribution in [2.75, 3.05) is 98.2 Å². The van der Waals surface area contributed by atoms with Crippen molar-refractivity contribution in [3.05, 3.63) is 90.1 Å². The lowest BCUT2D eigenvalue weighted by molar-refractivity contribution is -0.147. The zero-order chi connectivity index (χ0) is 95.1. The van der Waals surface area contributed by atoms with Gasteiger partial charge in [-0.2, -0.15) is 0 Å². The van der Waals surface area contributed by atoms with Crippen LogP contribution in [-0.4, -0.2) is 351 Å². The summed E-state index contributed by atoms with van der Waals surface area (Å²) < 4.78 is 0. The Morgan fingerprint density at radius 2 is 0.946 bits per heavy atom. The van der Waals surface area contributed by atoms with Crippen LogP contribution in [0.25, 0.3) is 10.9 Å². The molecule has 25 N–H and O–H groups in total. The predicted molar refractivity (Wildman–Crippen MR) is 470 cm³/mol. The van der Waals surface area contributed by atoms with Gasteiger partial charge in [0.15, 0.2) is 22.1 Å². The van der Waals surface area contributed by atoms with Crippen molar-refractivity contribution < 1.29 is 117 Å². The van der Waals surface area contributed by atoms with Crippen molar-refractivity contribution in [3.63, 3.8) is 0 Å². The number of benzene rings is 2. The molecular weight excluding hydrogens is 1750 g/mol. The van der Waals surface area contributed by atoms with Crippen LogP contribution in [0.3, 0.4) is 0 Å². The van der Waals surface area contributed by atoms with E-state index < -0.39 is 235 Å². The number of nitrogens with one attached hydrogen (secondary N) is 13. The van der Waals surface area contributed by atoms with Crippen LogP contribution in [0, 0.1) is 5.92 Å². The van der Waals surface area contributed by atoms with E-state index in [1.807, 2.05) is 0 Å². The number of likely N-dealkylation sites (tertiary alicyclic amines) is 1. The Morgan fingerprint density at radius 1 is 0.481 bits per heavy atom. The Balaban J connectivity index is 1.21. The fraction of sp³-hybridized carbons (Fsp3) is 0.544. The number of hydrogen-bond donors (Lipinski definition) is 25. The number of aliphatic imine (C=N–C) groups is 1. The van der Waals surface area contributed by atoms with E-state index in [-0.39, 0.29) is 135 Å². The number of imidazole rings is 1. The molecule has 50 heteroatoms. The first-order chi connectivity index (χ1) is 61.2. The van der Waals surface area contributed by atoms with Gasteiger partial charge in [0.1, 0.15) is 54.4 Å². The van der Waals surface area contributed by atoms with Crippen LogP contribution < -0.4 is 75.7 Å². The second-order valence-electron chi connectivity index (χ2n) is 31.0. The van der Waals surface area contributed by atoms with Gasteiger partial charge < -0.3 is 121 Å². The summed E-state index contributed by atoms with van der Waals surface area (Å²) in [6.07, 6.45) is 1.43. The molecule has 708 valence electrons. The van der Waals surface area contributed by atoms with Gasteiger partial charge in [-0.3, -0.25) is 106 Å². The standard InChI is InChI=1S/C79H115N23O24S3/c1-43(2)63(70(120)93-55(78(125)126)35-59(106)107)95-69(119)56-18-11-23-102(56)77(124)51(16-8-9-21-80)89-72(122)75(128)96-68(118)53(33-45-36-85-48-15-7-6-14-47(45)48)91-64(114)49(17-10-22-84-79(81)82)87-66(116)52(32-44-12-4-3-5-13-44)90-67(117)54(34-46-37-83-42-86-46)92-65(115)50(19-20-58(104)105)88-71(121)76(129)97-73(123)74(127)94-57(103)38-98-24-26-99(39-60(108)109)28-30-101(41-62(112)113)31-29-100(27-25-98)40-61(110)111/h3-7,12-15,36-37,42-43,49-56,63,74-76,85,127-129H,8-11,16-35,38-41,80H2,1-2H3,(H,83,86)(H,87,116)(H,88,121)(H,89,122)(H,90,117)(H,91,114)(H,92,115)(H,93,120)(H,94,103)(H,95,119)(H,96,118)(H,97,123)(H,104,105)(H,106,107)(H,108,109)(H,110,111)(H,112,113)(H,125,126)(H4,81,82,84)/t49-,50-,51-,52+,53-,54-,55-,56-,63-,74-,75-,76-/m0/s1. The Kier molecular flexibility index (Phi) is 43.8. The third-order valence-corrected chi connectivity index (χ3v) is 21.8. The van der Waals surface area contributed by atoms with Gasteiger partial charge in [-0.1, -0.05) is 62.4 Å². The largest absolute Gasteiger partial charge is 0.481 e. The van der Waals surface area contributed by atoms with E-state index in [0.29, 0.717) is 28.5 Å². The fourth-order valence-corrected chi connectivity index (χ4v) is 14.6. The Labute approximate surface area is 756 Å². The molecule has 6 rings (SSSR count). The summed E-state index contributed by atoms with van der Waals surface area (Å²) in [5.41, 5.74) is 18.8. The highest BCUT2D eigenvalue weighted by atomic mass is 32.1. The summed E-state index contributed by atoms with van der Waals surface area (Å²) in [5, 5.41) is 80.1. The van der Waals surface area contributed by atoms with Gasteiger partial charge in [0.2, 0.25) is 53.2 Å². The minimum Gasteiger partial charge on any atom is -0.481 e. The maximum Gasteiger partial charge on any atom is 0.326 e. The van der Waals surface area contributed by atoms with E-state index in [2.05, 4.69) is 116 Å². The lowest BCUT2D eigenvalue weighted by Gasteiger charge is -2.33. The highest BCUT2D eigenvalue weighted by molar-refractivity contribution is 7.82. The number of fused-ring (bicyclic) bond motifs is 1. The Hall–Kier alpha value is -12.2. The number of aromatic amines is 2. The van der Waals surface area contributed by atoms with Crippen LogP contribution in [-0.2, 0) is 106 Å². The summed E-state index contributed by atoms with van der Waals surface area (Å²) in [6, 6.07) is 0.782. The molecule has 47 nitrogen and oxygen atoms in total. The molecule has 4 heterocycles. The first kappa shape index (κ1) is 106. The van der Waals surface area contributed by atoms with Crippen molar-refractivity contribution in [1.82, 2.24) is 97.9 Å². The molecule has 2 aliphatic rings. The molecule has 4 aromatic rings. The molecule has 129 heavy (non-hydrogen) atoms. The average molecular weight is 1870 g/mol. The number of aromatic nitrogens is 3. The van der Waals surface area contributed by atoms with Gasteiger partial charge in [-0.05, 0) is 81.0 Å². The number of amides is 12. The van der Waals surface area contributed by atoms with Gasteiger partial charge in [0.25, 0.3) is 17.7 Å². The molecule has 12 amide bonds. The van der Waals surface area contributed by atoms with Crippen molar-refractivity contribution in [1.29, 1.82) is 0 Å². The van der Waals surface area contributed by atoms with Crippen LogP contribution in [0.15, 0.2) is 78.3 Å². The number of guanidine groups is 1. The third-order valence-electron chi connectivity index (χ3n) is 20.7. The molecular formula is C79H115N23O24S3. The molecule has 0 spiro atoms. The number of carboxylic acid groups (broad SMARTS) is 6. The van der Waals surface area contributed by atoms with Gasteiger partial charge in [0, 0.05) is 114 Å². The number of carbonyl (C=O) groups is 18. The number of nitrogens with zero attached hydrogens (tertiary/aromatic N) is 7. The Morgan fingerprint density at radius 3 is 1.47 bits per heavy atom. The molecule has 2 aromatic heterocycles. The van der Waals surface area contributed by atoms with E-state index in [1.54, 1.807) is 84.4 Å². The van der Waals surface area contributed by atoms with E-state index in [0.717, 1.165) is 0 Å². The molecule has 0 unspecified atom stereocenters. The molecule has 0 bridgehead atoms. The van der Waals surface area contributed by atoms with Crippen molar-refractivity contribution in [2.45, 2.75) is 168 Å². The second-order valence-corrected chi connectivity index (χ2v) is 32.6. The summed E-state index contributed by atoms with van der Waals surface area (Å²) in [5.74, 6) is -21.2. The highest BCUT2D eigenvalue weighted by Gasteiger charge is 2.42. The topological polar surface area (TPSA) is 712 Å². The van der Waals surface area contributed by atoms with Crippen molar-refractivity contribution in [2.24, 2.45) is 28.1 Å². The van der Waals surface area contributed by atoms with Crippen LogP contribution in [0.1, 0.15) is 94.9 Å². The summed E-state index contributed by atoms with van der Waals surface area (Å²) in [6.45, 7) is 2.01. The fourth-order valence-electron chi connectivity index (χ4n) is 14.0. The monoisotopic (exact) mass is 1870 g/mol. The first-order valence-corrected chi connectivity index (χ1v) is 42.9. The minimum atomic E-state index is -1.86. The molecule has 12 atom stereocenters. The second kappa shape index (κ2) is 53.5. The number of carbonyl (C=O) groups excluding carboxylic acids is 12. The number of unbranched alkanes of at least 4 members (excludes halogenated alkanes) is 1. The van der Waals surface area contributed by atoms with Gasteiger partial charge in [-0.15, -0.1) is 37.9 Å². The number of hydrogen-bond acceptors (Lipinski definition) is 28. The molecule has 0 aliphatic carbocycles. The zero-order valence-corrected chi connectivity index (χ0v) is 73.7. The summed E-state index contributed by atoms with van der Waals surface area (Å²) in [4.78, 5) is 265. The van der Waals surface area contributed by atoms with E-state index in [1.165, 1.54) is 27.2 Å². The number of carboxylic acids is 6. The number of aliphatic carboxylic acids is 6. The number of H-pyrrole nitrogens is 2. The zero-order valence-electron chi connectivity index (χ0n) is 71.0. The van der Waals surface area contributed by atoms with Crippen LogP contribution in [0.5, 0.6) is 0 Å². The summed E-state index contributed by atoms with van der Waals surface area (Å²) in [7, 11) is 0. The molecule has 2 aromatic carbocycles. The number of nitrogens with two attached hydrogens (primary N) is 3. The summed E-state index contributed by atoms with van der Waals surface area (Å²) >= 11 is 12.9. The SMILES string of the molecule is CC(C)[C@H](NC(=O)[C@@H]1CCCN1C(=O)[C@H](CCCCN)NC(=O)[C@H](S)NC(=O)[C@H](Cc1c[nH]c2ccccc12)NC(=O)[C@H](CCCN=C(N)N)NC(=O)[C@@H](Cc1ccccc1)NC(=O)[C@H](Cc1c[nH]cn1)NC(=O)[C@H](CCC(=O)O)NC(=O)[C@H](S)NC(=O)[C@H](S)NC(=O)CN1CCN(CC(=O)O)CCN(CC(=O)O)CCN(CC(=O)O)CC1)C(=O)N[C@@H](CC(=O)O)C(=O)O. The maximum atomic E-state index is 15.2. The van der Waals surface area contributed by atoms with Gasteiger partial charge in [0.05, 0.1) is 44.6 Å². The van der Waals surface area contributed by atoms with Crippen LogP contribution in [0.4, 0.5) is 0 Å². The minimum absolute atomic E-state index is 0.00146. The number of rotatable bonds is 51. The third kappa shape index (κ3) is 36.8. The lowest BCUT2D eigenvalue weighted by atomic mass is 10.0. The van der Waals surface area contributed by atoms with Crippen molar-refractivity contribution >= 4 is 161 Å². The lowest BCUT2D eigenvalue weighted by Crippen LogP contribution is -2.61. The molecule has 0 radical (unpaired) electrons.